The molecule has 130 valence electrons. The van der Waals surface area contributed by atoms with Crippen LogP contribution in [0.1, 0.15) is 25.3 Å². The Hall–Kier alpha value is -1.02. The maximum atomic E-state index is 13.8. The Kier molecular flexibility index (Phi) is 6.52. The molecule has 0 saturated carbocycles. The molecule has 1 N–H and O–H groups in total. The number of nitrogens with one attached hydrogen (secondary N) is 1. The maximum Gasteiger partial charge on any atom is 0.279 e. The van der Waals surface area contributed by atoms with Gasteiger partial charge in [-0.25, -0.2) is 9.11 Å². The van der Waals surface area contributed by atoms with Crippen LogP contribution in [0.2, 0.25) is 0 Å². The number of benzene rings is 1. The van der Waals surface area contributed by atoms with Crippen molar-refractivity contribution in [3.05, 3.63) is 35.6 Å². The Morgan fingerprint density at radius 3 is 2.83 bits per heavy atom. The first-order valence-electron chi connectivity index (χ1n) is 8.09. The van der Waals surface area contributed by atoms with Gasteiger partial charge in [0.05, 0.1) is 0 Å². The SMILES string of the molecule is CCN(C)S(=O)(=O)NC[C@@H]1CCCN(Cc2ccccc2F)C1. The molecule has 5 nitrogen and oxygen atoms in total. The minimum atomic E-state index is -3.39. The third-order valence-corrected chi connectivity index (χ3v) is 5.98. The summed E-state index contributed by atoms with van der Waals surface area (Å²) in [6.45, 7) is 4.96. The predicted octanol–water partition coefficient (Wildman–Crippen LogP) is 1.82. The van der Waals surface area contributed by atoms with Gasteiger partial charge >= 0.3 is 0 Å². The standard InChI is InChI=1S/C16H26FN3O2S/c1-3-19(2)23(21,22)18-11-14-7-6-10-20(12-14)13-15-8-4-5-9-16(15)17/h4-5,8-9,14,18H,3,6-7,10-13H2,1-2H3/t14-/m0/s1. The summed E-state index contributed by atoms with van der Waals surface area (Å²) in [4.78, 5) is 2.20. The van der Waals surface area contributed by atoms with E-state index in [-0.39, 0.29) is 11.7 Å². The fraction of sp³-hybridized carbons (Fsp3) is 0.625. The third kappa shape index (κ3) is 5.24. The van der Waals surface area contributed by atoms with E-state index in [4.69, 9.17) is 0 Å². The Bertz CT molecular complexity index is 609. The van der Waals surface area contributed by atoms with Crippen LogP contribution < -0.4 is 4.72 Å². The molecular weight excluding hydrogens is 317 g/mol. The Balaban J connectivity index is 1.88. The summed E-state index contributed by atoms with van der Waals surface area (Å²) in [6.07, 6.45) is 2.00. The highest BCUT2D eigenvalue weighted by molar-refractivity contribution is 7.87. The van der Waals surface area contributed by atoms with E-state index in [2.05, 4.69) is 9.62 Å². The Morgan fingerprint density at radius 1 is 1.39 bits per heavy atom. The Labute approximate surface area is 138 Å². The van der Waals surface area contributed by atoms with Gasteiger partial charge in [0.2, 0.25) is 0 Å². The van der Waals surface area contributed by atoms with Gasteiger partial charge in [0.15, 0.2) is 0 Å². The van der Waals surface area contributed by atoms with Crippen LogP contribution in [0.15, 0.2) is 24.3 Å². The first kappa shape index (κ1) is 18.3. The van der Waals surface area contributed by atoms with E-state index in [1.807, 2.05) is 6.07 Å². The van der Waals surface area contributed by atoms with Crippen molar-refractivity contribution in [2.45, 2.75) is 26.3 Å². The number of rotatable bonds is 7. The molecule has 7 heteroatoms. The molecule has 1 aromatic rings. The number of halogens is 1. The van der Waals surface area contributed by atoms with Crippen molar-refractivity contribution in [1.29, 1.82) is 0 Å². The average molecular weight is 343 g/mol. The van der Waals surface area contributed by atoms with Gasteiger partial charge < -0.3 is 0 Å². The summed E-state index contributed by atoms with van der Waals surface area (Å²) in [6, 6.07) is 6.81. The molecule has 23 heavy (non-hydrogen) atoms. The lowest BCUT2D eigenvalue weighted by molar-refractivity contribution is 0.167. The van der Waals surface area contributed by atoms with Crippen LogP contribution in [-0.2, 0) is 16.8 Å². The van der Waals surface area contributed by atoms with Gasteiger partial charge in [-0.1, -0.05) is 25.1 Å². The molecule has 1 aliphatic heterocycles. The van der Waals surface area contributed by atoms with Crippen molar-refractivity contribution < 1.29 is 12.8 Å². The minimum absolute atomic E-state index is 0.181. The summed E-state index contributed by atoms with van der Waals surface area (Å²) in [5.41, 5.74) is 0.694. The van der Waals surface area contributed by atoms with Gasteiger partial charge in [-0.15, -0.1) is 0 Å². The van der Waals surface area contributed by atoms with Crippen molar-refractivity contribution in [1.82, 2.24) is 13.9 Å². The lowest BCUT2D eigenvalue weighted by Crippen LogP contribution is -2.44. The van der Waals surface area contributed by atoms with Crippen LogP contribution in [0.25, 0.3) is 0 Å². The number of likely N-dealkylation sites (tertiary alicyclic amines) is 1. The van der Waals surface area contributed by atoms with Gasteiger partial charge in [-0.2, -0.15) is 12.7 Å². The number of hydrogen-bond acceptors (Lipinski definition) is 3. The van der Waals surface area contributed by atoms with Crippen LogP contribution in [-0.4, -0.2) is 50.8 Å². The van der Waals surface area contributed by atoms with Gasteiger partial charge in [-0.3, -0.25) is 4.90 Å². The molecule has 2 rings (SSSR count). The molecule has 1 aromatic carbocycles. The first-order chi connectivity index (χ1) is 10.9. The molecule has 0 spiro atoms. The van der Waals surface area contributed by atoms with Crippen LogP contribution >= 0.6 is 0 Å². The number of nitrogens with zero attached hydrogens (tertiary/aromatic N) is 2. The zero-order valence-electron chi connectivity index (χ0n) is 13.8. The normalized spacial score (nSPS) is 20.1. The van der Waals surface area contributed by atoms with E-state index >= 15 is 0 Å². The smallest absolute Gasteiger partial charge is 0.279 e. The fourth-order valence-corrected chi connectivity index (χ4v) is 3.84. The molecule has 0 amide bonds. The second kappa shape index (κ2) is 8.19. The lowest BCUT2D eigenvalue weighted by atomic mass is 9.98. The molecule has 1 aliphatic rings. The van der Waals surface area contributed by atoms with E-state index in [9.17, 15) is 12.8 Å². The van der Waals surface area contributed by atoms with Crippen LogP contribution in [0, 0.1) is 11.7 Å². The summed E-state index contributed by atoms with van der Waals surface area (Å²) < 4.78 is 41.7. The first-order valence-corrected chi connectivity index (χ1v) is 9.53. The highest BCUT2D eigenvalue weighted by atomic mass is 32.2. The molecule has 0 unspecified atom stereocenters. The number of piperidine rings is 1. The van der Waals surface area contributed by atoms with Crippen molar-refractivity contribution in [3.63, 3.8) is 0 Å². The molecule has 1 heterocycles. The van der Waals surface area contributed by atoms with Crippen molar-refractivity contribution >= 4 is 10.2 Å². The third-order valence-electron chi connectivity index (χ3n) is 4.36. The molecular formula is C16H26FN3O2S. The fourth-order valence-electron chi connectivity index (χ4n) is 2.83. The maximum absolute atomic E-state index is 13.8. The second-order valence-corrected chi connectivity index (χ2v) is 7.96. The molecule has 0 aromatic heterocycles. The quantitative estimate of drug-likeness (QED) is 0.822. The second-order valence-electron chi connectivity index (χ2n) is 6.10. The molecule has 0 aliphatic carbocycles. The molecule has 1 fully saturated rings. The predicted molar refractivity (Wildman–Crippen MR) is 89.6 cm³/mol. The van der Waals surface area contributed by atoms with Gasteiger partial charge in [0.1, 0.15) is 5.82 Å². The molecule has 1 saturated heterocycles. The highest BCUT2D eigenvalue weighted by Crippen LogP contribution is 2.19. The van der Waals surface area contributed by atoms with E-state index in [1.165, 1.54) is 10.4 Å². The van der Waals surface area contributed by atoms with Crippen LogP contribution in [0.3, 0.4) is 0 Å². The summed E-state index contributed by atoms with van der Waals surface area (Å²) in [7, 11) is -1.82. The monoisotopic (exact) mass is 343 g/mol. The molecule has 1 atom stereocenters. The summed E-state index contributed by atoms with van der Waals surface area (Å²) in [5.74, 6) is 0.0791. The van der Waals surface area contributed by atoms with Crippen molar-refractivity contribution in [2.75, 3.05) is 33.2 Å². The lowest BCUT2D eigenvalue weighted by Gasteiger charge is -2.33. The minimum Gasteiger partial charge on any atom is -0.299 e. The van der Waals surface area contributed by atoms with Crippen molar-refractivity contribution in [3.8, 4) is 0 Å². The topological polar surface area (TPSA) is 52.7 Å². The van der Waals surface area contributed by atoms with E-state index in [0.717, 1.165) is 25.9 Å². The molecule has 0 bridgehead atoms. The van der Waals surface area contributed by atoms with E-state index < -0.39 is 10.2 Å². The summed E-state index contributed by atoms with van der Waals surface area (Å²) >= 11 is 0. The van der Waals surface area contributed by atoms with Crippen molar-refractivity contribution in [2.24, 2.45) is 5.92 Å². The zero-order valence-corrected chi connectivity index (χ0v) is 14.7. The average Bonchev–Trinajstić information content (AvgIpc) is 2.55. The van der Waals surface area contributed by atoms with E-state index in [0.29, 0.717) is 25.2 Å². The zero-order chi connectivity index (χ0) is 16.9. The largest absolute Gasteiger partial charge is 0.299 e. The van der Waals surface area contributed by atoms with Gasteiger partial charge in [-0.05, 0) is 31.4 Å². The van der Waals surface area contributed by atoms with Gasteiger partial charge in [0, 0.05) is 38.8 Å². The summed E-state index contributed by atoms with van der Waals surface area (Å²) in [5, 5.41) is 0. The number of hydrogen-bond donors (Lipinski definition) is 1. The van der Waals surface area contributed by atoms with E-state index in [1.54, 1.807) is 26.1 Å². The Morgan fingerprint density at radius 2 is 2.13 bits per heavy atom. The molecule has 0 radical (unpaired) electrons. The van der Waals surface area contributed by atoms with Crippen LogP contribution in [0.4, 0.5) is 4.39 Å². The van der Waals surface area contributed by atoms with Gasteiger partial charge in [0.25, 0.3) is 10.2 Å². The van der Waals surface area contributed by atoms with Crippen LogP contribution in [0.5, 0.6) is 0 Å². The highest BCUT2D eigenvalue weighted by Gasteiger charge is 2.23.